The number of carbonyl (C=O) groups is 3. The number of aliphatic hydroxyl groups excluding tert-OH is 1. The van der Waals surface area contributed by atoms with Crippen LogP contribution in [0.5, 0.6) is 0 Å². The van der Waals surface area contributed by atoms with Crippen LogP contribution in [0.3, 0.4) is 0 Å². The van der Waals surface area contributed by atoms with Crippen LogP contribution >= 0.6 is 0 Å². The van der Waals surface area contributed by atoms with Gasteiger partial charge in [-0.3, -0.25) is 9.59 Å². The lowest BCUT2D eigenvalue weighted by Gasteiger charge is -2.34. The van der Waals surface area contributed by atoms with Crippen LogP contribution in [0.15, 0.2) is 43.0 Å². The second-order valence-electron chi connectivity index (χ2n) is 17.3. The fourth-order valence-corrected chi connectivity index (χ4v) is 8.91. The Morgan fingerprint density at radius 1 is 0.946 bits per heavy atom. The van der Waals surface area contributed by atoms with Gasteiger partial charge in [0.2, 0.25) is 21.8 Å². The molecule has 15 heteroatoms. The lowest BCUT2D eigenvalue weighted by molar-refractivity contribution is -0.131. The number of alkyl carbamates (subject to hydrolysis) is 1. The van der Waals surface area contributed by atoms with Crippen molar-refractivity contribution in [3.05, 3.63) is 54.2 Å². The topological polar surface area (TPSA) is 207 Å². The molecule has 2 aromatic heterocycles. The summed E-state index contributed by atoms with van der Waals surface area (Å²) in [6.07, 6.45) is 9.45. The minimum absolute atomic E-state index is 0.0137. The average Bonchev–Trinajstić information content (AvgIpc) is 3.78. The van der Waals surface area contributed by atoms with Crippen molar-refractivity contribution in [2.24, 2.45) is 23.7 Å². The maximum Gasteiger partial charge on any atom is 0.408 e. The van der Waals surface area contributed by atoms with Crippen LogP contribution in [0.4, 0.5) is 4.79 Å². The van der Waals surface area contributed by atoms with Crippen molar-refractivity contribution in [2.45, 2.75) is 136 Å². The molecule has 3 aromatic rings. The summed E-state index contributed by atoms with van der Waals surface area (Å²) in [5.74, 6) is -0.948. The number of sulfonamides is 1. The molecule has 5 atom stereocenters. The van der Waals surface area contributed by atoms with Crippen LogP contribution in [-0.2, 0) is 37.2 Å². The minimum atomic E-state index is -3.49. The fourth-order valence-electron chi connectivity index (χ4n) is 7.45. The molecule has 56 heavy (non-hydrogen) atoms. The van der Waals surface area contributed by atoms with E-state index in [0.717, 1.165) is 48.6 Å². The van der Waals surface area contributed by atoms with Gasteiger partial charge in [0, 0.05) is 42.7 Å². The van der Waals surface area contributed by atoms with Crippen molar-refractivity contribution in [3.8, 4) is 0 Å². The predicted octanol–water partition coefficient (Wildman–Crippen LogP) is 5.11. The lowest BCUT2D eigenvalue weighted by atomic mass is 9.81. The van der Waals surface area contributed by atoms with E-state index in [2.05, 4.69) is 35.6 Å². The van der Waals surface area contributed by atoms with Crippen LogP contribution in [0.1, 0.15) is 105 Å². The van der Waals surface area contributed by atoms with E-state index in [1.165, 1.54) is 6.33 Å². The molecule has 312 valence electrons. The highest BCUT2D eigenvalue weighted by Crippen LogP contribution is 2.30. The number of para-hydroxylation sites is 1. The number of H-pyrrole nitrogens is 2. The highest BCUT2D eigenvalue weighted by atomic mass is 32.2. The Balaban J connectivity index is 1.58. The van der Waals surface area contributed by atoms with E-state index < -0.39 is 57.8 Å². The van der Waals surface area contributed by atoms with Crippen molar-refractivity contribution in [3.63, 3.8) is 0 Å². The van der Waals surface area contributed by atoms with Crippen molar-refractivity contribution in [1.29, 1.82) is 0 Å². The summed E-state index contributed by atoms with van der Waals surface area (Å²) < 4.78 is 33.7. The molecule has 1 saturated carbocycles. The zero-order valence-electron chi connectivity index (χ0n) is 34.2. The molecule has 0 saturated heterocycles. The number of ether oxygens (including phenoxy) is 1. The second-order valence-corrected chi connectivity index (χ2v) is 19.1. The first kappa shape index (κ1) is 44.8. The Morgan fingerprint density at radius 3 is 2.27 bits per heavy atom. The molecule has 1 aliphatic rings. The van der Waals surface area contributed by atoms with E-state index in [1.807, 2.05) is 52.0 Å². The number of fused-ring (bicyclic) bond motifs is 1. The first-order valence-corrected chi connectivity index (χ1v) is 21.8. The van der Waals surface area contributed by atoms with Crippen LogP contribution < -0.4 is 20.7 Å². The number of rotatable bonds is 20. The number of aromatic nitrogens is 3. The summed E-state index contributed by atoms with van der Waals surface area (Å²) in [5.41, 5.74) is 1.41. The van der Waals surface area contributed by atoms with Gasteiger partial charge in [0.05, 0.1) is 29.9 Å². The molecule has 0 radical (unpaired) electrons. The van der Waals surface area contributed by atoms with Gasteiger partial charge in [-0.1, -0.05) is 78.0 Å². The molecule has 0 aliphatic heterocycles. The summed E-state index contributed by atoms with van der Waals surface area (Å²) in [4.78, 5) is 52.1. The fraction of sp³-hybridized carbons (Fsp3) is 0.659. The van der Waals surface area contributed by atoms with E-state index in [4.69, 9.17) is 4.74 Å². The molecule has 0 unspecified atom stereocenters. The van der Waals surface area contributed by atoms with Crippen LogP contribution in [0.2, 0.25) is 0 Å². The monoisotopic (exact) mass is 799 g/mol. The number of hydrogen-bond acceptors (Lipinski definition) is 8. The molecule has 14 nitrogen and oxygen atoms in total. The molecular weight excluding hydrogens is 735 g/mol. The van der Waals surface area contributed by atoms with Gasteiger partial charge in [0.25, 0.3) is 0 Å². The highest BCUT2D eigenvalue weighted by Gasteiger charge is 2.34. The first-order chi connectivity index (χ1) is 26.4. The normalized spacial score (nSPS) is 17.0. The zero-order chi connectivity index (χ0) is 41.0. The Kier molecular flexibility index (Phi) is 16.4. The van der Waals surface area contributed by atoms with Crippen molar-refractivity contribution < 1.29 is 32.6 Å². The SMILES string of the molecule is CC(C)CS(=O)(=O)NC[C@@H](C[C@H](O)[C@H](CC1CCCCC1)NC(=O)[C@H](Cc1c[nH]cn1)NC(=O)[C@H](Cc1c[nH]c2ccccc12)NC(=O)OC(C)(C)C)C(C)C. The van der Waals surface area contributed by atoms with Gasteiger partial charge in [-0.05, 0) is 68.9 Å². The van der Waals surface area contributed by atoms with Gasteiger partial charge in [0.1, 0.15) is 17.7 Å². The third kappa shape index (κ3) is 14.5. The van der Waals surface area contributed by atoms with Crippen molar-refractivity contribution >= 4 is 38.8 Å². The van der Waals surface area contributed by atoms with Crippen LogP contribution in [-0.4, -0.2) is 88.5 Å². The quantitative estimate of drug-likeness (QED) is 0.0816. The van der Waals surface area contributed by atoms with Gasteiger partial charge in [0.15, 0.2) is 0 Å². The number of aromatic amines is 2. The number of nitrogens with one attached hydrogen (secondary N) is 6. The van der Waals surface area contributed by atoms with Gasteiger partial charge in [-0.15, -0.1) is 0 Å². The molecule has 4 rings (SSSR count). The molecule has 2 heterocycles. The summed E-state index contributed by atoms with van der Waals surface area (Å²) in [6, 6.07) is 4.79. The maximum atomic E-state index is 14.4. The van der Waals surface area contributed by atoms with Gasteiger partial charge in [-0.2, -0.15) is 0 Å². The van der Waals surface area contributed by atoms with Gasteiger partial charge >= 0.3 is 6.09 Å². The average molecular weight is 800 g/mol. The summed E-state index contributed by atoms with van der Waals surface area (Å²) in [7, 11) is -3.49. The van der Waals surface area contributed by atoms with E-state index in [-0.39, 0.29) is 49.3 Å². The number of hydrogen-bond donors (Lipinski definition) is 7. The second kappa shape index (κ2) is 20.5. The molecule has 1 fully saturated rings. The van der Waals surface area contributed by atoms with Gasteiger partial charge in [-0.25, -0.2) is 22.9 Å². The number of nitrogens with zero attached hydrogens (tertiary/aromatic N) is 1. The number of carbonyl (C=O) groups excluding carboxylic acids is 3. The lowest BCUT2D eigenvalue weighted by Crippen LogP contribution is -2.58. The van der Waals surface area contributed by atoms with E-state index >= 15 is 0 Å². The Bertz CT molecular complexity index is 1800. The Hall–Kier alpha value is -3.95. The molecular formula is C41H65N7O7S. The van der Waals surface area contributed by atoms with Crippen LogP contribution in [0, 0.1) is 23.7 Å². The Labute approximate surface area is 332 Å². The number of benzene rings is 1. The number of amides is 3. The van der Waals surface area contributed by atoms with Crippen molar-refractivity contribution in [1.82, 2.24) is 35.6 Å². The molecule has 3 amide bonds. The van der Waals surface area contributed by atoms with Crippen molar-refractivity contribution in [2.75, 3.05) is 12.3 Å². The minimum Gasteiger partial charge on any atom is -0.444 e. The largest absolute Gasteiger partial charge is 0.444 e. The van der Waals surface area contributed by atoms with Gasteiger partial charge < -0.3 is 35.8 Å². The summed E-state index contributed by atoms with van der Waals surface area (Å²) in [6.45, 7) is 13.1. The third-order valence-corrected chi connectivity index (χ3v) is 12.1. The van der Waals surface area contributed by atoms with Crippen LogP contribution in [0.25, 0.3) is 10.9 Å². The zero-order valence-corrected chi connectivity index (χ0v) is 35.0. The standard InChI is InChI=1S/C41H65N7O7S/c1-26(2)24-56(53,54)45-22-29(27(3)4)19-37(49)34(17-28-13-9-8-10-14-28)46-39(51)36(20-31-23-42-25-44-31)47-38(50)35(48-40(52)55-41(5,6)7)18-30-21-43-33-16-12-11-15-32(30)33/h11-12,15-16,21,23,25-29,34-37,43,45,49H,8-10,13-14,17-20,22,24H2,1-7H3,(H,42,44)(H,46,51)(H,47,50)(H,48,52)/t29-,34+,35+,36+,37+/m1/s1. The predicted molar refractivity (Wildman–Crippen MR) is 218 cm³/mol. The number of imidazole rings is 1. The van der Waals surface area contributed by atoms with E-state index in [9.17, 15) is 27.9 Å². The van der Waals surface area contributed by atoms with E-state index in [1.54, 1.807) is 33.2 Å². The molecule has 0 spiro atoms. The summed E-state index contributed by atoms with van der Waals surface area (Å²) in [5, 5.41) is 21.5. The molecule has 1 aromatic carbocycles. The highest BCUT2D eigenvalue weighted by molar-refractivity contribution is 7.89. The Morgan fingerprint density at radius 2 is 1.62 bits per heavy atom. The maximum absolute atomic E-state index is 14.4. The summed E-state index contributed by atoms with van der Waals surface area (Å²) >= 11 is 0. The van der Waals surface area contributed by atoms with E-state index in [0.29, 0.717) is 18.0 Å². The third-order valence-electron chi connectivity index (χ3n) is 10.4. The molecule has 1 aliphatic carbocycles. The first-order valence-electron chi connectivity index (χ1n) is 20.2. The smallest absolute Gasteiger partial charge is 0.408 e. The molecule has 7 N–H and O–H groups in total. The number of aliphatic hydroxyl groups is 1. The molecule has 0 bridgehead atoms.